The Labute approximate surface area is 186 Å². The van der Waals surface area contributed by atoms with Crippen molar-refractivity contribution in [1.29, 1.82) is 0 Å². The van der Waals surface area contributed by atoms with Crippen molar-refractivity contribution in [3.8, 4) is 5.75 Å². The third-order valence-corrected chi connectivity index (χ3v) is 6.78. The number of amides is 2. The molecular formula is C24H25ClN2O4. The predicted octanol–water partition coefficient (Wildman–Crippen LogP) is 3.71. The van der Waals surface area contributed by atoms with Gasteiger partial charge in [-0.2, -0.15) is 0 Å². The topological polar surface area (TPSA) is 75.7 Å². The number of halogens is 1. The number of aryl methyl sites for hydroxylation is 1. The van der Waals surface area contributed by atoms with Gasteiger partial charge in [-0.25, -0.2) is 0 Å². The fourth-order valence-electron chi connectivity index (χ4n) is 4.40. The maximum atomic E-state index is 12.9. The quantitative estimate of drug-likeness (QED) is 0.789. The summed E-state index contributed by atoms with van der Waals surface area (Å²) in [6.45, 7) is 4.65. The number of ether oxygens (including phenoxy) is 1. The van der Waals surface area contributed by atoms with Crippen LogP contribution in [0.25, 0.3) is 0 Å². The number of ketones is 1. The van der Waals surface area contributed by atoms with Gasteiger partial charge in [0.1, 0.15) is 11.4 Å². The summed E-state index contributed by atoms with van der Waals surface area (Å²) >= 11 is 6.32. The van der Waals surface area contributed by atoms with Gasteiger partial charge >= 0.3 is 0 Å². The highest BCUT2D eigenvalue weighted by Gasteiger charge is 2.44. The van der Waals surface area contributed by atoms with Crippen molar-refractivity contribution in [2.24, 2.45) is 0 Å². The molecule has 1 N–H and O–H groups in total. The van der Waals surface area contributed by atoms with E-state index in [-0.39, 0.29) is 30.6 Å². The summed E-state index contributed by atoms with van der Waals surface area (Å²) in [5.74, 6) is 0.214. The molecule has 2 aromatic rings. The van der Waals surface area contributed by atoms with Gasteiger partial charge < -0.3 is 15.0 Å². The first-order chi connectivity index (χ1) is 14.8. The van der Waals surface area contributed by atoms with E-state index in [1.807, 2.05) is 26.0 Å². The van der Waals surface area contributed by atoms with Gasteiger partial charge in [0, 0.05) is 36.5 Å². The SMILES string of the molecule is Cc1cc2c(c(C)c1Cl)C(=O)CC1(CCN(C(=O)CNC(=O)c3ccccc3)CC1)O2. The molecule has 162 valence electrons. The summed E-state index contributed by atoms with van der Waals surface area (Å²) in [5.41, 5.74) is 2.14. The Kier molecular flexibility index (Phi) is 5.75. The molecule has 7 heteroatoms. The minimum Gasteiger partial charge on any atom is -0.486 e. The van der Waals surface area contributed by atoms with Crippen LogP contribution in [0, 0.1) is 13.8 Å². The monoisotopic (exact) mass is 440 g/mol. The third-order valence-electron chi connectivity index (χ3n) is 6.20. The van der Waals surface area contributed by atoms with Crippen molar-refractivity contribution in [3.63, 3.8) is 0 Å². The van der Waals surface area contributed by atoms with Crippen LogP contribution >= 0.6 is 11.6 Å². The zero-order valence-electron chi connectivity index (χ0n) is 17.7. The summed E-state index contributed by atoms with van der Waals surface area (Å²) in [7, 11) is 0. The Morgan fingerprint density at radius 3 is 2.52 bits per heavy atom. The fraction of sp³-hybridized carbons (Fsp3) is 0.375. The average molecular weight is 441 g/mol. The lowest BCUT2D eigenvalue weighted by Crippen LogP contribution is -2.53. The van der Waals surface area contributed by atoms with E-state index in [0.29, 0.717) is 47.8 Å². The maximum Gasteiger partial charge on any atom is 0.251 e. The van der Waals surface area contributed by atoms with E-state index in [1.54, 1.807) is 29.2 Å². The number of likely N-dealkylation sites (tertiary alicyclic amines) is 1. The first-order valence-corrected chi connectivity index (χ1v) is 10.8. The summed E-state index contributed by atoms with van der Waals surface area (Å²) in [6.07, 6.45) is 1.42. The Hall–Kier alpha value is -2.86. The Morgan fingerprint density at radius 1 is 1.16 bits per heavy atom. The highest BCUT2D eigenvalue weighted by molar-refractivity contribution is 6.32. The molecule has 0 unspecified atom stereocenters. The predicted molar refractivity (Wildman–Crippen MR) is 118 cm³/mol. The van der Waals surface area contributed by atoms with E-state index in [4.69, 9.17) is 16.3 Å². The van der Waals surface area contributed by atoms with Crippen molar-refractivity contribution >= 4 is 29.2 Å². The van der Waals surface area contributed by atoms with E-state index in [1.165, 1.54) is 0 Å². The van der Waals surface area contributed by atoms with Gasteiger partial charge in [-0.1, -0.05) is 29.8 Å². The Balaban J connectivity index is 1.38. The van der Waals surface area contributed by atoms with Gasteiger partial charge in [-0.3, -0.25) is 14.4 Å². The van der Waals surface area contributed by atoms with Crippen LogP contribution in [0.2, 0.25) is 5.02 Å². The van der Waals surface area contributed by atoms with E-state index in [9.17, 15) is 14.4 Å². The number of rotatable bonds is 3. The lowest BCUT2D eigenvalue weighted by Gasteiger charge is -2.44. The van der Waals surface area contributed by atoms with E-state index >= 15 is 0 Å². The second-order valence-corrected chi connectivity index (χ2v) is 8.70. The number of Topliss-reactive ketones (excluding diaryl/α,β-unsaturated/α-hetero) is 1. The molecule has 2 aromatic carbocycles. The van der Waals surface area contributed by atoms with Gasteiger partial charge in [0.2, 0.25) is 5.91 Å². The smallest absolute Gasteiger partial charge is 0.251 e. The van der Waals surface area contributed by atoms with Crippen LogP contribution in [0.15, 0.2) is 36.4 Å². The van der Waals surface area contributed by atoms with Crippen LogP contribution in [0.4, 0.5) is 0 Å². The summed E-state index contributed by atoms with van der Waals surface area (Å²) < 4.78 is 6.34. The van der Waals surface area contributed by atoms with Crippen molar-refractivity contribution in [3.05, 3.63) is 63.7 Å². The first-order valence-electron chi connectivity index (χ1n) is 10.4. The molecule has 2 amide bonds. The molecule has 1 saturated heterocycles. The molecule has 2 aliphatic rings. The van der Waals surface area contributed by atoms with Crippen LogP contribution in [0.1, 0.15) is 51.1 Å². The number of nitrogens with one attached hydrogen (secondary N) is 1. The molecule has 2 heterocycles. The number of nitrogens with zero attached hydrogens (tertiary/aromatic N) is 1. The number of carbonyl (C=O) groups excluding carboxylic acids is 3. The summed E-state index contributed by atoms with van der Waals surface area (Å²) in [5, 5.41) is 3.28. The molecule has 1 spiro atoms. The largest absolute Gasteiger partial charge is 0.486 e. The van der Waals surface area contributed by atoms with Crippen molar-refractivity contribution in [2.45, 2.75) is 38.7 Å². The van der Waals surface area contributed by atoms with Crippen molar-refractivity contribution < 1.29 is 19.1 Å². The minimum atomic E-state index is -0.596. The molecule has 0 radical (unpaired) electrons. The van der Waals surface area contributed by atoms with Gasteiger partial charge in [-0.15, -0.1) is 0 Å². The number of hydrogen-bond acceptors (Lipinski definition) is 4. The van der Waals surface area contributed by atoms with Crippen LogP contribution in [0.3, 0.4) is 0 Å². The van der Waals surface area contributed by atoms with Crippen molar-refractivity contribution in [1.82, 2.24) is 10.2 Å². The maximum absolute atomic E-state index is 12.9. The summed E-state index contributed by atoms with van der Waals surface area (Å²) in [4.78, 5) is 39.4. The molecule has 6 nitrogen and oxygen atoms in total. The molecule has 31 heavy (non-hydrogen) atoms. The van der Waals surface area contributed by atoms with Gasteiger partial charge in [0.25, 0.3) is 5.91 Å². The second-order valence-electron chi connectivity index (χ2n) is 8.32. The van der Waals surface area contributed by atoms with E-state index < -0.39 is 5.60 Å². The molecule has 0 bridgehead atoms. The molecule has 4 rings (SSSR count). The number of piperidine rings is 1. The lowest BCUT2D eigenvalue weighted by molar-refractivity contribution is -0.133. The number of hydrogen-bond donors (Lipinski definition) is 1. The number of benzene rings is 2. The molecule has 0 saturated carbocycles. The zero-order chi connectivity index (χ0) is 22.2. The Bertz CT molecular complexity index is 1040. The standard InChI is InChI=1S/C24H25ClN2O4/c1-15-12-19-21(16(2)22(15)25)18(28)13-24(31-19)8-10-27(11-9-24)20(29)14-26-23(30)17-6-4-3-5-7-17/h3-7,12H,8-11,13-14H2,1-2H3,(H,26,30). The molecule has 1 fully saturated rings. The van der Waals surface area contributed by atoms with E-state index in [2.05, 4.69) is 5.32 Å². The zero-order valence-corrected chi connectivity index (χ0v) is 18.4. The van der Waals surface area contributed by atoms with Crippen LogP contribution in [-0.4, -0.2) is 47.7 Å². The number of fused-ring (bicyclic) bond motifs is 1. The van der Waals surface area contributed by atoms with Crippen molar-refractivity contribution in [2.75, 3.05) is 19.6 Å². The van der Waals surface area contributed by atoms with Gasteiger partial charge in [-0.05, 0) is 43.2 Å². The molecule has 0 aromatic heterocycles. The molecule has 0 aliphatic carbocycles. The molecule has 2 aliphatic heterocycles. The van der Waals surface area contributed by atoms with E-state index in [0.717, 1.165) is 11.1 Å². The highest BCUT2D eigenvalue weighted by atomic mass is 35.5. The fourth-order valence-corrected chi connectivity index (χ4v) is 4.55. The minimum absolute atomic E-state index is 0.0375. The normalized spacial score (nSPS) is 17.1. The average Bonchev–Trinajstić information content (AvgIpc) is 2.76. The second kappa shape index (κ2) is 8.35. The van der Waals surface area contributed by atoms with Crippen LogP contribution in [-0.2, 0) is 4.79 Å². The van der Waals surface area contributed by atoms with Crippen LogP contribution < -0.4 is 10.1 Å². The highest BCUT2D eigenvalue weighted by Crippen LogP contribution is 2.43. The summed E-state index contributed by atoms with van der Waals surface area (Å²) in [6, 6.07) is 10.6. The first kappa shape index (κ1) is 21.4. The molecular weight excluding hydrogens is 416 g/mol. The Morgan fingerprint density at radius 2 is 1.84 bits per heavy atom. The lowest BCUT2D eigenvalue weighted by atomic mass is 9.81. The number of carbonyl (C=O) groups is 3. The third kappa shape index (κ3) is 4.17. The van der Waals surface area contributed by atoms with Gasteiger partial charge in [0.05, 0.1) is 18.5 Å². The van der Waals surface area contributed by atoms with Crippen LogP contribution in [0.5, 0.6) is 5.75 Å². The molecule has 0 atom stereocenters. The van der Waals surface area contributed by atoms with Gasteiger partial charge in [0.15, 0.2) is 5.78 Å².